The molecule has 0 radical (unpaired) electrons. The third kappa shape index (κ3) is 3.72. The quantitative estimate of drug-likeness (QED) is 0.792. The predicted octanol–water partition coefficient (Wildman–Crippen LogP) is 1.20. The van der Waals surface area contributed by atoms with Crippen LogP contribution in [0.1, 0.15) is 5.56 Å². The van der Waals surface area contributed by atoms with Gasteiger partial charge in [-0.2, -0.15) is 0 Å². The summed E-state index contributed by atoms with van der Waals surface area (Å²) in [4.78, 5) is 2.06. The van der Waals surface area contributed by atoms with Crippen LogP contribution in [0.5, 0.6) is 0 Å². The van der Waals surface area contributed by atoms with E-state index in [0.717, 1.165) is 18.7 Å². The summed E-state index contributed by atoms with van der Waals surface area (Å²) in [6.45, 7) is 3.12. The van der Waals surface area contributed by atoms with E-state index in [0.29, 0.717) is 19.6 Å². The minimum Gasteiger partial charge on any atom is -0.329 e. The summed E-state index contributed by atoms with van der Waals surface area (Å²) in [6, 6.07) is 4.81. The number of hydrogen-bond acceptors (Lipinski definition) is 3. The van der Waals surface area contributed by atoms with E-state index in [4.69, 9.17) is 23.1 Å². The Morgan fingerprint density at radius 1 is 1.19 bits per heavy atom. The van der Waals surface area contributed by atoms with Crippen molar-refractivity contribution in [1.82, 2.24) is 4.90 Å². The lowest BCUT2D eigenvalue weighted by molar-refractivity contribution is 0.280. The van der Waals surface area contributed by atoms with Gasteiger partial charge in [-0.1, -0.05) is 23.7 Å². The topological polar surface area (TPSA) is 55.3 Å². The van der Waals surface area contributed by atoms with Gasteiger partial charge >= 0.3 is 0 Å². The fraction of sp³-hybridized carbons (Fsp3) is 0.455. The van der Waals surface area contributed by atoms with E-state index in [1.807, 2.05) is 6.07 Å². The summed E-state index contributed by atoms with van der Waals surface area (Å²) in [5.74, 6) is -0.389. The van der Waals surface area contributed by atoms with Gasteiger partial charge in [-0.05, 0) is 11.6 Å². The van der Waals surface area contributed by atoms with Crippen LogP contribution in [0.25, 0.3) is 0 Å². The van der Waals surface area contributed by atoms with Crippen molar-refractivity contribution in [2.45, 2.75) is 6.54 Å². The van der Waals surface area contributed by atoms with Crippen molar-refractivity contribution in [3.8, 4) is 0 Å². The van der Waals surface area contributed by atoms with Crippen molar-refractivity contribution >= 4 is 11.6 Å². The van der Waals surface area contributed by atoms with E-state index in [1.54, 1.807) is 6.07 Å². The molecule has 1 rings (SSSR count). The van der Waals surface area contributed by atoms with Gasteiger partial charge in [0.15, 0.2) is 0 Å². The van der Waals surface area contributed by atoms with Crippen LogP contribution in [0.3, 0.4) is 0 Å². The highest BCUT2D eigenvalue weighted by atomic mass is 35.5. The van der Waals surface area contributed by atoms with Crippen molar-refractivity contribution in [3.63, 3.8) is 0 Å². The van der Waals surface area contributed by atoms with Crippen LogP contribution in [0.15, 0.2) is 18.2 Å². The van der Waals surface area contributed by atoms with Crippen molar-refractivity contribution in [3.05, 3.63) is 34.6 Å². The minimum absolute atomic E-state index is 0.182. The number of rotatable bonds is 6. The van der Waals surface area contributed by atoms with Gasteiger partial charge in [0.2, 0.25) is 0 Å². The molecule has 0 aliphatic heterocycles. The molecule has 0 fully saturated rings. The lowest BCUT2D eigenvalue weighted by Crippen LogP contribution is -2.33. The normalized spacial score (nSPS) is 11.1. The van der Waals surface area contributed by atoms with E-state index in [-0.39, 0.29) is 10.8 Å². The Balaban J connectivity index is 2.72. The zero-order chi connectivity index (χ0) is 12.0. The van der Waals surface area contributed by atoms with E-state index in [9.17, 15) is 4.39 Å². The standard InChI is InChI=1S/C11H17ClFN3/c12-11-9(2-1-3-10(11)13)8-16(6-4-14)7-5-15/h1-3H,4-8,14-15H2. The highest BCUT2D eigenvalue weighted by Crippen LogP contribution is 2.20. The maximum atomic E-state index is 13.2. The molecule has 1 aromatic rings. The molecule has 3 nitrogen and oxygen atoms in total. The fourth-order valence-electron chi connectivity index (χ4n) is 1.55. The molecule has 4 N–H and O–H groups in total. The summed E-state index contributed by atoms with van der Waals surface area (Å²) in [5.41, 5.74) is 11.8. The third-order valence-electron chi connectivity index (χ3n) is 2.32. The second-order valence-corrected chi connectivity index (χ2v) is 3.94. The Labute approximate surface area is 100 Å². The lowest BCUT2D eigenvalue weighted by Gasteiger charge is -2.21. The molecule has 0 saturated heterocycles. The Morgan fingerprint density at radius 2 is 1.81 bits per heavy atom. The van der Waals surface area contributed by atoms with Gasteiger partial charge in [-0.15, -0.1) is 0 Å². The average Bonchev–Trinajstić information content (AvgIpc) is 2.25. The Bertz CT molecular complexity index is 327. The molecular formula is C11H17ClFN3. The molecule has 0 aliphatic carbocycles. The molecule has 0 bridgehead atoms. The van der Waals surface area contributed by atoms with E-state index in [2.05, 4.69) is 4.90 Å². The highest BCUT2D eigenvalue weighted by Gasteiger charge is 2.09. The molecule has 0 heterocycles. The van der Waals surface area contributed by atoms with Crippen LogP contribution >= 0.6 is 11.6 Å². The maximum absolute atomic E-state index is 13.2. The van der Waals surface area contributed by atoms with Crippen LogP contribution in [-0.4, -0.2) is 31.1 Å². The Kier molecular flexibility index (Phi) is 5.69. The summed E-state index contributed by atoms with van der Waals surface area (Å²) < 4.78 is 13.2. The molecule has 0 unspecified atom stereocenters. The van der Waals surface area contributed by atoms with Gasteiger partial charge in [0.05, 0.1) is 5.02 Å². The zero-order valence-corrected chi connectivity index (χ0v) is 9.88. The van der Waals surface area contributed by atoms with E-state index in [1.165, 1.54) is 6.07 Å². The molecule has 0 aliphatic rings. The molecule has 0 amide bonds. The van der Waals surface area contributed by atoms with Crippen LogP contribution in [0, 0.1) is 5.82 Å². The molecule has 0 spiro atoms. The summed E-state index contributed by atoms with van der Waals surface area (Å²) in [6.07, 6.45) is 0. The monoisotopic (exact) mass is 245 g/mol. The van der Waals surface area contributed by atoms with Crippen molar-refractivity contribution < 1.29 is 4.39 Å². The lowest BCUT2D eigenvalue weighted by atomic mass is 10.2. The zero-order valence-electron chi connectivity index (χ0n) is 9.13. The first-order valence-corrected chi connectivity index (χ1v) is 5.62. The molecule has 90 valence electrons. The van der Waals surface area contributed by atoms with Gasteiger partial charge in [0.25, 0.3) is 0 Å². The highest BCUT2D eigenvalue weighted by molar-refractivity contribution is 6.31. The third-order valence-corrected chi connectivity index (χ3v) is 2.74. The first-order chi connectivity index (χ1) is 7.69. The van der Waals surface area contributed by atoms with Gasteiger partial charge in [0.1, 0.15) is 5.82 Å². The number of hydrogen-bond donors (Lipinski definition) is 2. The second kappa shape index (κ2) is 6.81. The molecule has 5 heteroatoms. The summed E-state index contributed by atoms with van der Waals surface area (Å²) >= 11 is 5.87. The van der Waals surface area contributed by atoms with Crippen LogP contribution < -0.4 is 11.5 Å². The molecule has 1 aromatic carbocycles. The largest absolute Gasteiger partial charge is 0.329 e. The molecule has 0 saturated carbocycles. The van der Waals surface area contributed by atoms with Crippen LogP contribution in [0.4, 0.5) is 4.39 Å². The first-order valence-electron chi connectivity index (χ1n) is 5.24. The Hall–Kier alpha value is -0.680. The summed E-state index contributed by atoms with van der Waals surface area (Å²) in [7, 11) is 0. The molecular weight excluding hydrogens is 229 g/mol. The van der Waals surface area contributed by atoms with Crippen molar-refractivity contribution in [2.24, 2.45) is 11.5 Å². The van der Waals surface area contributed by atoms with Gasteiger partial charge in [-0.25, -0.2) is 4.39 Å². The average molecular weight is 246 g/mol. The number of benzene rings is 1. The number of halogens is 2. The number of nitrogens with two attached hydrogens (primary N) is 2. The van der Waals surface area contributed by atoms with Gasteiger partial charge in [0, 0.05) is 32.7 Å². The van der Waals surface area contributed by atoms with E-state index < -0.39 is 0 Å². The molecule has 0 aromatic heterocycles. The SMILES string of the molecule is NCCN(CCN)Cc1cccc(F)c1Cl. The molecule has 0 atom stereocenters. The van der Waals surface area contributed by atoms with E-state index >= 15 is 0 Å². The molecule has 16 heavy (non-hydrogen) atoms. The maximum Gasteiger partial charge on any atom is 0.142 e. The fourth-order valence-corrected chi connectivity index (χ4v) is 1.73. The minimum atomic E-state index is -0.389. The first kappa shape index (κ1) is 13.4. The van der Waals surface area contributed by atoms with Crippen molar-refractivity contribution in [1.29, 1.82) is 0 Å². The second-order valence-electron chi connectivity index (χ2n) is 3.57. The van der Waals surface area contributed by atoms with Gasteiger partial charge in [-0.3, -0.25) is 4.90 Å². The summed E-state index contributed by atoms with van der Waals surface area (Å²) in [5, 5.41) is 0.182. The van der Waals surface area contributed by atoms with Crippen LogP contribution in [-0.2, 0) is 6.54 Å². The Morgan fingerprint density at radius 3 is 2.38 bits per heavy atom. The van der Waals surface area contributed by atoms with Crippen molar-refractivity contribution in [2.75, 3.05) is 26.2 Å². The van der Waals surface area contributed by atoms with Crippen LogP contribution in [0.2, 0.25) is 5.02 Å². The smallest absolute Gasteiger partial charge is 0.142 e. The van der Waals surface area contributed by atoms with Gasteiger partial charge < -0.3 is 11.5 Å². The predicted molar refractivity (Wildman–Crippen MR) is 64.8 cm³/mol. The number of nitrogens with zero attached hydrogens (tertiary/aromatic N) is 1.